The summed E-state index contributed by atoms with van der Waals surface area (Å²) in [6.45, 7) is 2.63. The minimum atomic E-state index is 0.643. The Bertz CT molecular complexity index is 507. The highest BCUT2D eigenvalue weighted by molar-refractivity contribution is 7.99. The highest BCUT2D eigenvalue weighted by Crippen LogP contribution is 2.28. The van der Waals surface area contributed by atoms with Crippen molar-refractivity contribution < 1.29 is 0 Å². The number of aromatic nitrogens is 3. The van der Waals surface area contributed by atoms with E-state index in [0.717, 1.165) is 22.2 Å². The van der Waals surface area contributed by atoms with Crippen LogP contribution in [0, 0.1) is 6.92 Å². The maximum absolute atomic E-state index is 5.60. The molecule has 2 rings (SSSR count). The third-order valence-corrected chi connectivity index (χ3v) is 3.58. The Morgan fingerprint density at radius 2 is 2.29 bits per heavy atom. The van der Waals surface area contributed by atoms with Crippen LogP contribution in [0.3, 0.4) is 0 Å². The SMILES string of the molecule is Cc1cc(Sc2ncccc2CCN)n(C)n1. The third kappa shape index (κ3) is 2.87. The molecule has 0 saturated carbocycles. The van der Waals surface area contributed by atoms with Crippen LogP contribution in [-0.4, -0.2) is 21.3 Å². The molecule has 2 heterocycles. The van der Waals surface area contributed by atoms with Gasteiger partial charge < -0.3 is 5.73 Å². The first kappa shape index (κ1) is 12.1. The van der Waals surface area contributed by atoms with Crippen LogP contribution in [0.5, 0.6) is 0 Å². The van der Waals surface area contributed by atoms with Crippen LogP contribution in [0.4, 0.5) is 0 Å². The average Bonchev–Trinajstić information content (AvgIpc) is 2.61. The van der Waals surface area contributed by atoms with Gasteiger partial charge in [-0.1, -0.05) is 17.8 Å². The molecule has 2 aromatic heterocycles. The van der Waals surface area contributed by atoms with E-state index in [-0.39, 0.29) is 0 Å². The predicted molar refractivity (Wildman–Crippen MR) is 69.1 cm³/mol. The molecule has 0 amide bonds. The fourth-order valence-corrected chi connectivity index (χ4v) is 2.66. The summed E-state index contributed by atoms with van der Waals surface area (Å²) in [5, 5.41) is 6.44. The predicted octanol–water partition coefficient (Wildman–Crippen LogP) is 1.78. The lowest BCUT2D eigenvalue weighted by atomic mass is 10.2. The summed E-state index contributed by atoms with van der Waals surface area (Å²) in [4.78, 5) is 4.41. The first-order chi connectivity index (χ1) is 8.20. The van der Waals surface area contributed by atoms with Gasteiger partial charge in [0.05, 0.1) is 5.69 Å². The zero-order chi connectivity index (χ0) is 12.3. The fraction of sp³-hybridized carbons (Fsp3) is 0.333. The van der Waals surface area contributed by atoms with E-state index in [1.54, 1.807) is 11.8 Å². The van der Waals surface area contributed by atoms with Crippen LogP contribution in [0.25, 0.3) is 0 Å². The minimum Gasteiger partial charge on any atom is -0.330 e. The molecular formula is C12H16N4S. The van der Waals surface area contributed by atoms with Crippen molar-refractivity contribution >= 4 is 11.8 Å². The Morgan fingerprint density at radius 3 is 2.94 bits per heavy atom. The van der Waals surface area contributed by atoms with Gasteiger partial charge in [0.15, 0.2) is 0 Å². The van der Waals surface area contributed by atoms with Crippen molar-refractivity contribution in [2.24, 2.45) is 12.8 Å². The van der Waals surface area contributed by atoms with Gasteiger partial charge in [0.25, 0.3) is 0 Å². The smallest absolute Gasteiger partial charge is 0.105 e. The van der Waals surface area contributed by atoms with E-state index in [0.29, 0.717) is 6.54 Å². The van der Waals surface area contributed by atoms with Gasteiger partial charge in [0.1, 0.15) is 10.1 Å². The van der Waals surface area contributed by atoms with Gasteiger partial charge in [-0.3, -0.25) is 4.68 Å². The molecule has 0 aromatic carbocycles. The molecule has 2 aromatic rings. The quantitative estimate of drug-likeness (QED) is 0.896. The van der Waals surface area contributed by atoms with Gasteiger partial charge >= 0.3 is 0 Å². The Balaban J connectivity index is 2.26. The maximum Gasteiger partial charge on any atom is 0.105 e. The standard InChI is InChI=1S/C12H16N4S/c1-9-8-11(16(2)15-9)17-12-10(5-6-13)4-3-7-14-12/h3-4,7-8H,5-6,13H2,1-2H3. The highest BCUT2D eigenvalue weighted by atomic mass is 32.2. The fourth-order valence-electron chi connectivity index (χ4n) is 1.64. The molecule has 4 nitrogen and oxygen atoms in total. The molecule has 2 N–H and O–H groups in total. The second kappa shape index (κ2) is 5.33. The zero-order valence-corrected chi connectivity index (χ0v) is 10.9. The van der Waals surface area contributed by atoms with Crippen molar-refractivity contribution in [3.63, 3.8) is 0 Å². The summed E-state index contributed by atoms with van der Waals surface area (Å²) in [5.41, 5.74) is 7.82. The lowest BCUT2D eigenvalue weighted by Gasteiger charge is -2.06. The number of hydrogen-bond acceptors (Lipinski definition) is 4. The Kier molecular flexibility index (Phi) is 3.81. The van der Waals surface area contributed by atoms with Crippen LogP contribution >= 0.6 is 11.8 Å². The molecular weight excluding hydrogens is 232 g/mol. The molecule has 0 radical (unpaired) electrons. The second-order valence-electron chi connectivity index (χ2n) is 3.86. The second-order valence-corrected chi connectivity index (χ2v) is 4.87. The summed E-state index contributed by atoms with van der Waals surface area (Å²) >= 11 is 1.64. The van der Waals surface area contributed by atoms with E-state index >= 15 is 0 Å². The van der Waals surface area contributed by atoms with Crippen molar-refractivity contribution in [2.75, 3.05) is 6.54 Å². The molecule has 0 aliphatic rings. The maximum atomic E-state index is 5.60. The van der Waals surface area contributed by atoms with Crippen LogP contribution < -0.4 is 5.73 Å². The van der Waals surface area contributed by atoms with Crippen LogP contribution in [0.15, 0.2) is 34.4 Å². The molecule has 5 heteroatoms. The normalized spacial score (nSPS) is 10.8. The molecule has 17 heavy (non-hydrogen) atoms. The molecule has 0 saturated heterocycles. The third-order valence-electron chi connectivity index (χ3n) is 2.42. The first-order valence-electron chi connectivity index (χ1n) is 5.53. The van der Waals surface area contributed by atoms with E-state index in [2.05, 4.69) is 22.2 Å². The van der Waals surface area contributed by atoms with Gasteiger partial charge in [0, 0.05) is 13.2 Å². The van der Waals surface area contributed by atoms with E-state index in [9.17, 15) is 0 Å². The van der Waals surface area contributed by atoms with Crippen molar-refractivity contribution in [1.82, 2.24) is 14.8 Å². The molecule has 0 atom stereocenters. The number of rotatable bonds is 4. The molecule has 0 bridgehead atoms. The summed E-state index contributed by atoms with van der Waals surface area (Å²) in [6.07, 6.45) is 2.67. The highest BCUT2D eigenvalue weighted by Gasteiger charge is 2.08. The molecule has 0 aliphatic carbocycles. The molecule has 0 aliphatic heterocycles. The number of nitrogens with two attached hydrogens (primary N) is 1. The Morgan fingerprint density at radius 1 is 1.47 bits per heavy atom. The summed E-state index contributed by atoms with van der Waals surface area (Å²) < 4.78 is 1.88. The van der Waals surface area contributed by atoms with Crippen molar-refractivity contribution in [3.05, 3.63) is 35.7 Å². The van der Waals surface area contributed by atoms with E-state index < -0.39 is 0 Å². The van der Waals surface area contributed by atoms with Gasteiger partial charge in [-0.15, -0.1) is 0 Å². The lowest BCUT2D eigenvalue weighted by Crippen LogP contribution is -2.04. The van der Waals surface area contributed by atoms with Gasteiger partial charge in [-0.2, -0.15) is 5.10 Å². The van der Waals surface area contributed by atoms with E-state index in [4.69, 9.17) is 5.73 Å². The Hall–Kier alpha value is -1.33. The van der Waals surface area contributed by atoms with Crippen molar-refractivity contribution in [3.8, 4) is 0 Å². The molecule has 0 fully saturated rings. The topological polar surface area (TPSA) is 56.7 Å². The van der Waals surface area contributed by atoms with E-state index in [1.165, 1.54) is 5.56 Å². The molecule has 0 unspecified atom stereocenters. The largest absolute Gasteiger partial charge is 0.330 e. The molecule has 90 valence electrons. The lowest BCUT2D eigenvalue weighted by molar-refractivity contribution is 0.691. The van der Waals surface area contributed by atoms with Gasteiger partial charge in [-0.05, 0) is 37.6 Å². The number of aryl methyl sites for hydroxylation is 2. The number of pyridine rings is 1. The number of nitrogens with zero attached hydrogens (tertiary/aromatic N) is 3. The first-order valence-corrected chi connectivity index (χ1v) is 6.35. The molecule has 0 spiro atoms. The summed E-state index contributed by atoms with van der Waals surface area (Å²) in [7, 11) is 1.95. The Labute approximate surface area is 105 Å². The zero-order valence-electron chi connectivity index (χ0n) is 10.1. The van der Waals surface area contributed by atoms with Crippen LogP contribution in [0.1, 0.15) is 11.3 Å². The van der Waals surface area contributed by atoms with Crippen molar-refractivity contribution in [1.29, 1.82) is 0 Å². The van der Waals surface area contributed by atoms with Gasteiger partial charge in [0.2, 0.25) is 0 Å². The average molecular weight is 248 g/mol. The number of hydrogen-bond donors (Lipinski definition) is 1. The minimum absolute atomic E-state index is 0.643. The summed E-state index contributed by atoms with van der Waals surface area (Å²) in [5.74, 6) is 0. The van der Waals surface area contributed by atoms with Crippen LogP contribution in [-0.2, 0) is 13.5 Å². The van der Waals surface area contributed by atoms with Gasteiger partial charge in [-0.25, -0.2) is 4.98 Å². The summed E-state index contributed by atoms with van der Waals surface area (Å²) in [6, 6.07) is 6.08. The monoisotopic (exact) mass is 248 g/mol. The van der Waals surface area contributed by atoms with Crippen molar-refractivity contribution in [2.45, 2.75) is 23.4 Å². The van der Waals surface area contributed by atoms with E-state index in [1.807, 2.05) is 30.9 Å². The van der Waals surface area contributed by atoms with Crippen LogP contribution in [0.2, 0.25) is 0 Å².